The van der Waals surface area contributed by atoms with Gasteiger partial charge in [0.1, 0.15) is 5.78 Å². The molecule has 3 atom stereocenters. The molecule has 0 saturated heterocycles. The van der Waals surface area contributed by atoms with E-state index in [-0.39, 0.29) is 11.5 Å². The Bertz CT molecular complexity index is 224. The van der Waals surface area contributed by atoms with Gasteiger partial charge < -0.3 is 5.11 Å². The predicted molar refractivity (Wildman–Crippen MR) is 50.3 cm³/mol. The number of carbonyl (C=O) groups is 1. The highest BCUT2D eigenvalue weighted by molar-refractivity contribution is 5.85. The van der Waals surface area contributed by atoms with Crippen molar-refractivity contribution in [1.82, 2.24) is 0 Å². The zero-order valence-electron chi connectivity index (χ0n) is 8.25. The first-order chi connectivity index (χ1) is 6.13. The van der Waals surface area contributed by atoms with Crippen LogP contribution in [0.1, 0.15) is 45.4 Å². The number of aliphatic hydroxyl groups excluding tert-OH is 1. The number of carbonyl (C=O) groups excluding carboxylic acids is 1. The van der Waals surface area contributed by atoms with Gasteiger partial charge in [0.2, 0.25) is 0 Å². The Hall–Kier alpha value is -0.370. The van der Waals surface area contributed by atoms with E-state index in [1.54, 1.807) is 0 Å². The molecule has 2 fully saturated rings. The SMILES string of the molecule is C[C@]12CCC(O)C[C@H]1CCCC2=O. The fourth-order valence-corrected chi connectivity index (χ4v) is 2.98. The molecule has 0 aromatic carbocycles. The highest BCUT2D eigenvalue weighted by atomic mass is 16.3. The first-order valence-corrected chi connectivity index (χ1v) is 5.34. The van der Waals surface area contributed by atoms with Crippen molar-refractivity contribution in [1.29, 1.82) is 0 Å². The quantitative estimate of drug-likeness (QED) is 0.621. The second-order valence-corrected chi connectivity index (χ2v) is 4.86. The molecule has 1 unspecified atom stereocenters. The minimum atomic E-state index is -0.149. The minimum Gasteiger partial charge on any atom is -0.393 e. The highest BCUT2D eigenvalue weighted by Crippen LogP contribution is 2.47. The summed E-state index contributed by atoms with van der Waals surface area (Å²) in [5, 5.41) is 9.54. The van der Waals surface area contributed by atoms with Gasteiger partial charge in [-0.05, 0) is 38.0 Å². The molecule has 2 rings (SSSR count). The fraction of sp³-hybridized carbons (Fsp3) is 0.909. The molecule has 0 aromatic rings. The molecular formula is C11H18O2. The van der Waals surface area contributed by atoms with Gasteiger partial charge in [0.25, 0.3) is 0 Å². The molecule has 2 saturated carbocycles. The predicted octanol–water partition coefficient (Wildman–Crippen LogP) is 1.91. The third-order valence-corrected chi connectivity index (χ3v) is 4.05. The fourth-order valence-electron chi connectivity index (χ4n) is 2.98. The van der Waals surface area contributed by atoms with Crippen molar-refractivity contribution in [2.24, 2.45) is 11.3 Å². The van der Waals surface area contributed by atoms with Crippen LogP contribution in [0.3, 0.4) is 0 Å². The highest BCUT2D eigenvalue weighted by Gasteiger charge is 2.46. The topological polar surface area (TPSA) is 37.3 Å². The van der Waals surface area contributed by atoms with Crippen molar-refractivity contribution in [2.45, 2.75) is 51.6 Å². The Morgan fingerprint density at radius 3 is 3.00 bits per heavy atom. The van der Waals surface area contributed by atoms with Crippen LogP contribution in [0.2, 0.25) is 0 Å². The summed E-state index contributed by atoms with van der Waals surface area (Å²) in [7, 11) is 0. The van der Waals surface area contributed by atoms with Crippen molar-refractivity contribution in [2.75, 3.05) is 0 Å². The summed E-state index contributed by atoms with van der Waals surface area (Å²) in [6.45, 7) is 2.10. The van der Waals surface area contributed by atoms with E-state index in [1.165, 1.54) is 0 Å². The Labute approximate surface area is 79.3 Å². The molecular weight excluding hydrogens is 164 g/mol. The number of fused-ring (bicyclic) bond motifs is 1. The summed E-state index contributed by atoms with van der Waals surface area (Å²) in [4.78, 5) is 11.8. The van der Waals surface area contributed by atoms with Gasteiger partial charge in [-0.25, -0.2) is 0 Å². The van der Waals surface area contributed by atoms with Gasteiger partial charge in [0.05, 0.1) is 6.10 Å². The Balaban J connectivity index is 2.18. The number of ketones is 1. The third kappa shape index (κ3) is 1.41. The molecule has 1 N–H and O–H groups in total. The van der Waals surface area contributed by atoms with Crippen molar-refractivity contribution in [3.63, 3.8) is 0 Å². The van der Waals surface area contributed by atoms with E-state index in [2.05, 4.69) is 6.92 Å². The van der Waals surface area contributed by atoms with Gasteiger partial charge in [0, 0.05) is 11.8 Å². The molecule has 2 aliphatic carbocycles. The van der Waals surface area contributed by atoms with Gasteiger partial charge in [-0.3, -0.25) is 4.79 Å². The largest absolute Gasteiger partial charge is 0.393 e. The first kappa shape index (κ1) is 9.20. The monoisotopic (exact) mass is 182 g/mol. The summed E-state index contributed by atoms with van der Waals surface area (Å²) < 4.78 is 0. The van der Waals surface area contributed by atoms with Crippen molar-refractivity contribution >= 4 is 5.78 Å². The average molecular weight is 182 g/mol. The molecule has 0 amide bonds. The van der Waals surface area contributed by atoms with E-state index in [9.17, 15) is 9.90 Å². The molecule has 74 valence electrons. The second-order valence-electron chi connectivity index (χ2n) is 4.86. The van der Waals surface area contributed by atoms with Crippen LogP contribution in [-0.4, -0.2) is 17.0 Å². The van der Waals surface area contributed by atoms with Crippen LogP contribution >= 0.6 is 0 Å². The molecule has 13 heavy (non-hydrogen) atoms. The maximum absolute atomic E-state index is 11.8. The summed E-state index contributed by atoms with van der Waals surface area (Å²) in [5.41, 5.74) is -0.0858. The number of Topliss-reactive ketones (excluding diaryl/α,β-unsaturated/α-hetero) is 1. The number of hydrogen-bond donors (Lipinski definition) is 1. The zero-order valence-corrected chi connectivity index (χ0v) is 8.25. The lowest BCUT2D eigenvalue weighted by Gasteiger charge is -2.45. The van der Waals surface area contributed by atoms with Crippen LogP contribution in [0.25, 0.3) is 0 Å². The van der Waals surface area contributed by atoms with Gasteiger partial charge in [-0.15, -0.1) is 0 Å². The molecule has 0 heterocycles. The molecule has 2 aliphatic rings. The van der Waals surface area contributed by atoms with E-state index < -0.39 is 0 Å². The molecule has 0 aromatic heterocycles. The van der Waals surface area contributed by atoms with Crippen molar-refractivity contribution < 1.29 is 9.90 Å². The van der Waals surface area contributed by atoms with Crippen molar-refractivity contribution in [3.8, 4) is 0 Å². The average Bonchev–Trinajstić information content (AvgIpc) is 2.09. The molecule has 2 heteroatoms. The maximum atomic E-state index is 11.8. The molecule has 0 spiro atoms. The number of aliphatic hydroxyl groups is 1. The summed E-state index contributed by atoms with van der Waals surface area (Å²) in [6.07, 6.45) is 5.36. The van der Waals surface area contributed by atoms with Gasteiger partial charge in [0.15, 0.2) is 0 Å². The Morgan fingerprint density at radius 2 is 2.23 bits per heavy atom. The molecule has 0 radical (unpaired) electrons. The van der Waals surface area contributed by atoms with Gasteiger partial charge in [-0.2, -0.15) is 0 Å². The van der Waals surface area contributed by atoms with Crippen LogP contribution < -0.4 is 0 Å². The van der Waals surface area contributed by atoms with Crippen LogP contribution in [-0.2, 0) is 4.79 Å². The van der Waals surface area contributed by atoms with Crippen LogP contribution in [0.5, 0.6) is 0 Å². The van der Waals surface area contributed by atoms with Crippen molar-refractivity contribution in [3.05, 3.63) is 0 Å². The van der Waals surface area contributed by atoms with E-state index in [0.717, 1.165) is 38.5 Å². The zero-order chi connectivity index (χ0) is 9.47. The van der Waals surface area contributed by atoms with Gasteiger partial charge >= 0.3 is 0 Å². The Kier molecular flexibility index (Phi) is 2.18. The molecule has 0 aliphatic heterocycles. The molecule has 2 nitrogen and oxygen atoms in total. The van der Waals surface area contributed by atoms with E-state index in [0.29, 0.717) is 11.7 Å². The van der Waals surface area contributed by atoms with E-state index in [1.807, 2.05) is 0 Å². The van der Waals surface area contributed by atoms with E-state index in [4.69, 9.17) is 0 Å². The number of hydrogen-bond acceptors (Lipinski definition) is 2. The first-order valence-electron chi connectivity index (χ1n) is 5.34. The minimum absolute atomic E-state index is 0.0858. The lowest BCUT2D eigenvalue weighted by Crippen LogP contribution is -2.44. The summed E-state index contributed by atoms with van der Waals surface area (Å²) in [6, 6.07) is 0. The van der Waals surface area contributed by atoms with Gasteiger partial charge in [-0.1, -0.05) is 6.92 Å². The lowest BCUT2D eigenvalue weighted by atomic mass is 9.59. The summed E-state index contributed by atoms with van der Waals surface area (Å²) >= 11 is 0. The maximum Gasteiger partial charge on any atom is 0.139 e. The molecule has 0 bridgehead atoms. The second kappa shape index (κ2) is 3.09. The normalized spacial score (nSPS) is 45.8. The third-order valence-electron chi connectivity index (χ3n) is 4.05. The van der Waals surface area contributed by atoms with Crippen LogP contribution in [0, 0.1) is 11.3 Å². The Morgan fingerprint density at radius 1 is 1.46 bits per heavy atom. The smallest absolute Gasteiger partial charge is 0.139 e. The summed E-state index contributed by atoms with van der Waals surface area (Å²) in [5.74, 6) is 0.896. The number of rotatable bonds is 0. The lowest BCUT2D eigenvalue weighted by molar-refractivity contribution is -0.138. The standard InChI is InChI=1S/C11H18O2/c1-11-6-5-9(12)7-8(11)3-2-4-10(11)13/h8-9,12H,2-7H2,1H3/t8-,9?,11+/m1/s1. The van der Waals surface area contributed by atoms with Crippen LogP contribution in [0.4, 0.5) is 0 Å². The van der Waals surface area contributed by atoms with E-state index >= 15 is 0 Å². The van der Waals surface area contributed by atoms with Crippen LogP contribution in [0.15, 0.2) is 0 Å².